The van der Waals surface area contributed by atoms with Crippen molar-refractivity contribution in [3.63, 3.8) is 0 Å². The van der Waals surface area contributed by atoms with E-state index in [4.69, 9.17) is 0 Å². The van der Waals surface area contributed by atoms with Crippen molar-refractivity contribution in [1.29, 1.82) is 0 Å². The van der Waals surface area contributed by atoms with E-state index >= 15 is 0 Å². The molecule has 0 aromatic carbocycles. The number of anilines is 1. The molecule has 0 bridgehead atoms. The molecule has 17 heavy (non-hydrogen) atoms. The number of alkyl halides is 2. The van der Waals surface area contributed by atoms with Gasteiger partial charge in [-0.3, -0.25) is 4.98 Å². The molecule has 3 nitrogen and oxygen atoms in total. The number of hydrogen-bond donors (Lipinski definition) is 1. The summed E-state index contributed by atoms with van der Waals surface area (Å²) >= 11 is 1.30. The van der Waals surface area contributed by atoms with Gasteiger partial charge in [0, 0.05) is 11.6 Å². The third kappa shape index (κ3) is 3.20. The number of aromatic nitrogens is 2. The molecule has 2 aromatic heterocycles. The molecule has 0 aliphatic rings. The number of thiazole rings is 1. The number of hydrogen-bond acceptors (Lipinski definition) is 4. The quantitative estimate of drug-likeness (QED) is 0.911. The van der Waals surface area contributed by atoms with E-state index < -0.39 is 6.43 Å². The standard InChI is InChI=1S/C11H11F2N3S/c1-7-2-3-14-8(4-7)9-6-17-11(16-9)15-5-10(12)13/h2-4,6,10H,5H2,1H3,(H,15,16). The Labute approximate surface area is 102 Å². The minimum absolute atomic E-state index is 0.381. The third-order valence-corrected chi connectivity index (χ3v) is 2.89. The minimum atomic E-state index is -2.38. The monoisotopic (exact) mass is 255 g/mol. The Morgan fingerprint density at radius 2 is 2.24 bits per heavy atom. The summed E-state index contributed by atoms with van der Waals surface area (Å²) < 4.78 is 24.0. The van der Waals surface area contributed by atoms with Crippen LogP contribution in [0.25, 0.3) is 11.4 Å². The normalized spacial score (nSPS) is 10.8. The average Bonchev–Trinajstić information content (AvgIpc) is 2.75. The lowest BCUT2D eigenvalue weighted by Crippen LogP contribution is -2.09. The summed E-state index contributed by atoms with van der Waals surface area (Å²) in [7, 11) is 0. The Morgan fingerprint density at radius 1 is 1.41 bits per heavy atom. The van der Waals surface area contributed by atoms with Gasteiger partial charge in [-0.2, -0.15) is 0 Å². The maximum Gasteiger partial charge on any atom is 0.255 e. The van der Waals surface area contributed by atoms with Gasteiger partial charge >= 0.3 is 0 Å². The molecule has 0 atom stereocenters. The lowest BCUT2D eigenvalue weighted by Gasteiger charge is -2.00. The molecular formula is C11H11F2N3S. The number of halogens is 2. The van der Waals surface area contributed by atoms with E-state index in [1.54, 1.807) is 11.6 Å². The Balaban J connectivity index is 2.12. The SMILES string of the molecule is Cc1ccnc(-c2csc(NCC(F)F)n2)c1. The zero-order valence-corrected chi connectivity index (χ0v) is 9.97. The molecule has 0 spiro atoms. The van der Waals surface area contributed by atoms with Crippen molar-refractivity contribution in [3.8, 4) is 11.4 Å². The van der Waals surface area contributed by atoms with Crippen molar-refractivity contribution in [1.82, 2.24) is 9.97 Å². The summed E-state index contributed by atoms with van der Waals surface area (Å²) in [6.07, 6.45) is -0.671. The number of nitrogens with one attached hydrogen (secondary N) is 1. The van der Waals surface area contributed by atoms with Crippen LogP contribution < -0.4 is 5.32 Å². The van der Waals surface area contributed by atoms with E-state index in [0.717, 1.165) is 11.3 Å². The van der Waals surface area contributed by atoms with Gasteiger partial charge in [0.2, 0.25) is 0 Å². The zero-order chi connectivity index (χ0) is 12.3. The van der Waals surface area contributed by atoms with Crippen LogP contribution in [-0.2, 0) is 0 Å². The average molecular weight is 255 g/mol. The number of aryl methyl sites for hydroxylation is 1. The van der Waals surface area contributed by atoms with Crippen molar-refractivity contribution < 1.29 is 8.78 Å². The number of pyridine rings is 1. The number of rotatable bonds is 4. The van der Waals surface area contributed by atoms with Crippen LogP contribution in [0.3, 0.4) is 0 Å². The first-order chi connectivity index (χ1) is 8.15. The summed E-state index contributed by atoms with van der Waals surface area (Å²) in [4.78, 5) is 8.39. The van der Waals surface area contributed by atoms with Gasteiger partial charge in [-0.05, 0) is 24.6 Å². The van der Waals surface area contributed by atoms with Crippen molar-refractivity contribution >= 4 is 16.5 Å². The highest BCUT2D eigenvalue weighted by Gasteiger charge is 2.07. The molecule has 0 fully saturated rings. The topological polar surface area (TPSA) is 37.8 Å². The van der Waals surface area contributed by atoms with Gasteiger partial charge < -0.3 is 5.32 Å². The van der Waals surface area contributed by atoms with Crippen LogP contribution in [0.5, 0.6) is 0 Å². The van der Waals surface area contributed by atoms with E-state index in [1.165, 1.54) is 11.3 Å². The fourth-order valence-corrected chi connectivity index (χ4v) is 2.03. The lowest BCUT2D eigenvalue weighted by molar-refractivity contribution is 0.163. The Bertz CT molecular complexity index is 499. The summed E-state index contributed by atoms with van der Waals surface area (Å²) in [5.41, 5.74) is 2.55. The molecule has 0 unspecified atom stereocenters. The Kier molecular flexibility index (Phi) is 3.63. The number of nitrogens with zero attached hydrogens (tertiary/aromatic N) is 2. The summed E-state index contributed by atoms with van der Waals surface area (Å²) in [6.45, 7) is 1.59. The van der Waals surface area contributed by atoms with E-state index in [9.17, 15) is 8.78 Å². The molecule has 0 aliphatic carbocycles. The molecular weight excluding hydrogens is 244 g/mol. The molecule has 2 aromatic rings. The molecule has 1 N–H and O–H groups in total. The fourth-order valence-electron chi connectivity index (χ4n) is 1.31. The molecule has 0 saturated heterocycles. The molecule has 90 valence electrons. The second kappa shape index (κ2) is 5.18. The smallest absolute Gasteiger partial charge is 0.255 e. The molecule has 2 rings (SSSR count). The van der Waals surface area contributed by atoms with Gasteiger partial charge in [0.1, 0.15) is 5.69 Å². The van der Waals surface area contributed by atoms with Gasteiger partial charge in [-0.1, -0.05) is 0 Å². The van der Waals surface area contributed by atoms with Crippen molar-refractivity contribution in [2.75, 3.05) is 11.9 Å². The summed E-state index contributed by atoms with van der Waals surface area (Å²) in [5.74, 6) is 0. The maximum absolute atomic E-state index is 12.0. The van der Waals surface area contributed by atoms with E-state index in [-0.39, 0.29) is 6.54 Å². The predicted molar refractivity (Wildman–Crippen MR) is 64.6 cm³/mol. The van der Waals surface area contributed by atoms with Crippen LogP contribution in [0.4, 0.5) is 13.9 Å². The van der Waals surface area contributed by atoms with Crippen LogP contribution in [0.1, 0.15) is 5.56 Å². The Morgan fingerprint density at radius 3 is 2.94 bits per heavy atom. The van der Waals surface area contributed by atoms with Crippen molar-refractivity contribution in [2.45, 2.75) is 13.3 Å². The van der Waals surface area contributed by atoms with Crippen molar-refractivity contribution in [3.05, 3.63) is 29.3 Å². The van der Waals surface area contributed by atoms with Crippen LogP contribution in [-0.4, -0.2) is 22.9 Å². The summed E-state index contributed by atoms with van der Waals surface area (Å²) in [6, 6.07) is 3.80. The van der Waals surface area contributed by atoms with Gasteiger partial charge in [0.25, 0.3) is 6.43 Å². The van der Waals surface area contributed by atoms with Crippen LogP contribution >= 0.6 is 11.3 Å². The molecule has 6 heteroatoms. The second-order valence-corrected chi connectivity index (χ2v) is 4.39. The first-order valence-electron chi connectivity index (χ1n) is 5.06. The highest BCUT2D eigenvalue weighted by Crippen LogP contribution is 2.23. The van der Waals surface area contributed by atoms with Crippen LogP contribution in [0.15, 0.2) is 23.7 Å². The van der Waals surface area contributed by atoms with Gasteiger partial charge in [0.15, 0.2) is 5.13 Å². The van der Waals surface area contributed by atoms with E-state index in [0.29, 0.717) is 10.8 Å². The molecule has 0 radical (unpaired) electrons. The van der Waals surface area contributed by atoms with E-state index in [1.807, 2.05) is 19.1 Å². The maximum atomic E-state index is 12.0. The zero-order valence-electron chi connectivity index (χ0n) is 9.15. The second-order valence-electron chi connectivity index (χ2n) is 3.53. The molecule has 0 aliphatic heterocycles. The van der Waals surface area contributed by atoms with E-state index in [2.05, 4.69) is 15.3 Å². The molecule has 0 saturated carbocycles. The lowest BCUT2D eigenvalue weighted by atomic mass is 10.2. The van der Waals surface area contributed by atoms with Crippen LogP contribution in [0, 0.1) is 6.92 Å². The first kappa shape index (κ1) is 11.9. The summed E-state index contributed by atoms with van der Waals surface area (Å²) in [5, 5.41) is 4.87. The van der Waals surface area contributed by atoms with Crippen LogP contribution in [0.2, 0.25) is 0 Å². The minimum Gasteiger partial charge on any atom is -0.356 e. The van der Waals surface area contributed by atoms with Gasteiger partial charge in [0.05, 0.1) is 12.2 Å². The van der Waals surface area contributed by atoms with Crippen molar-refractivity contribution in [2.24, 2.45) is 0 Å². The third-order valence-electron chi connectivity index (χ3n) is 2.09. The molecule has 0 amide bonds. The van der Waals surface area contributed by atoms with Gasteiger partial charge in [-0.15, -0.1) is 11.3 Å². The highest BCUT2D eigenvalue weighted by atomic mass is 32.1. The Hall–Kier alpha value is -1.56. The fraction of sp³-hybridized carbons (Fsp3) is 0.273. The highest BCUT2D eigenvalue weighted by molar-refractivity contribution is 7.14. The first-order valence-corrected chi connectivity index (χ1v) is 5.93. The largest absolute Gasteiger partial charge is 0.356 e. The van der Waals surface area contributed by atoms with Gasteiger partial charge in [-0.25, -0.2) is 13.8 Å². The molecule has 2 heterocycles. The predicted octanol–water partition coefficient (Wildman–Crippen LogP) is 3.19.